The average Bonchev–Trinajstić information content (AvgIpc) is 2.42. The van der Waals surface area contributed by atoms with E-state index in [2.05, 4.69) is 5.32 Å². The fourth-order valence-electron chi connectivity index (χ4n) is 2.00. The highest BCUT2D eigenvalue weighted by molar-refractivity contribution is 5.79. The summed E-state index contributed by atoms with van der Waals surface area (Å²) in [4.78, 5) is 34.7. The number of nitrogens with one attached hydrogen (secondary N) is 1. The Morgan fingerprint density at radius 2 is 1.95 bits per heavy atom. The molecule has 0 unspecified atom stereocenters. The van der Waals surface area contributed by atoms with Gasteiger partial charge >= 0.3 is 5.97 Å². The van der Waals surface area contributed by atoms with Crippen LogP contribution in [0.15, 0.2) is 0 Å². The van der Waals surface area contributed by atoms with Crippen LogP contribution < -0.4 is 11.1 Å². The Hall–Kier alpha value is -1.67. The third-order valence-corrected chi connectivity index (χ3v) is 3.14. The molecule has 0 aliphatic carbocycles. The fraction of sp³-hybridized carbons (Fsp3) is 0.750. The van der Waals surface area contributed by atoms with Gasteiger partial charge in [0.25, 0.3) is 0 Å². The Morgan fingerprint density at radius 3 is 2.50 bits per heavy atom. The summed E-state index contributed by atoms with van der Waals surface area (Å²) < 4.78 is 4.94. The van der Waals surface area contributed by atoms with Crippen LogP contribution in [0.3, 0.4) is 0 Å². The molecule has 0 aromatic heterocycles. The number of nitrogens with zero attached hydrogens (tertiary/aromatic N) is 1. The first kappa shape index (κ1) is 16.4. The van der Waals surface area contributed by atoms with Crippen molar-refractivity contribution in [2.75, 3.05) is 39.4 Å². The quantitative estimate of drug-likeness (QED) is 0.462. The van der Waals surface area contributed by atoms with Crippen molar-refractivity contribution >= 4 is 17.8 Å². The summed E-state index contributed by atoms with van der Waals surface area (Å²) in [6, 6.07) is 0. The van der Waals surface area contributed by atoms with E-state index in [9.17, 15) is 14.4 Å². The lowest BCUT2D eigenvalue weighted by Crippen LogP contribution is -2.44. The third-order valence-electron chi connectivity index (χ3n) is 3.14. The van der Waals surface area contributed by atoms with Crippen molar-refractivity contribution in [3.05, 3.63) is 0 Å². The van der Waals surface area contributed by atoms with Gasteiger partial charge in [-0.15, -0.1) is 0 Å². The van der Waals surface area contributed by atoms with E-state index in [4.69, 9.17) is 15.6 Å². The predicted molar refractivity (Wildman–Crippen MR) is 69.8 cm³/mol. The summed E-state index contributed by atoms with van der Waals surface area (Å²) in [5.74, 6) is -1.71. The Balaban J connectivity index is 2.09. The average molecular weight is 287 g/mol. The molecule has 1 fully saturated rings. The van der Waals surface area contributed by atoms with Crippen molar-refractivity contribution in [1.82, 2.24) is 10.2 Å². The van der Waals surface area contributed by atoms with E-state index in [1.807, 2.05) is 0 Å². The van der Waals surface area contributed by atoms with Crippen LogP contribution in [0.5, 0.6) is 0 Å². The van der Waals surface area contributed by atoms with E-state index < -0.39 is 11.9 Å². The van der Waals surface area contributed by atoms with Crippen LogP contribution in [0, 0.1) is 5.92 Å². The van der Waals surface area contributed by atoms with Gasteiger partial charge in [-0.1, -0.05) is 0 Å². The predicted octanol–water partition coefficient (Wildman–Crippen LogP) is -1.60. The standard InChI is InChI=1S/C12H21N3O5/c13-10(16)8-20-6-3-14-7-11(17)15-4-1-9(2-5-15)12(18)19/h9,14H,1-8H2,(H2,13,16)(H,18,19). The van der Waals surface area contributed by atoms with Gasteiger partial charge in [0.1, 0.15) is 6.61 Å². The maximum Gasteiger partial charge on any atom is 0.306 e. The highest BCUT2D eigenvalue weighted by Gasteiger charge is 2.26. The molecular formula is C12H21N3O5. The van der Waals surface area contributed by atoms with E-state index in [0.29, 0.717) is 39.1 Å². The van der Waals surface area contributed by atoms with Crippen molar-refractivity contribution < 1.29 is 24.2 Å². The molecule has 20 heavy (non-hydrogen) atoms. The lowest BCUT2D eigenvalue weighted by molar-refractivity contribution is -0.145. The van der Waals surface area contributed by atoms with Crippen LogP contribution in [0.1, 0.15) is 12.8 Å². The lowest BCUT2D eigenvalue weighted by Gasteiger charge is -2.30. The Kier molecular flexibility index (Phi) is 6.96. The molecule has 0 bridgehead atoms. The Labute approximate surface area is 117 Å². The Morgan fingerprint density at radius 1 is 1.30 bits per heavy atom. The number of ether oxygens (including phenoxy) is 1. The lowest BCUT2D eigenvalue weighted by atomic mass is 9.97. The molecule has 0 radical (unpaired) electrons. The molecule has 1 aliphatic heterocycles. The van der Waals surface area contributed by atoms with Crippen LogP contribution in [-0.4, -0.2) is 67.2 Å². The molecule has 0 aromatic rings. The SMILES string of the molecule is NC(=O)COCCNCC(=O)N1CCC(C(=O)O)CC1. The molecule has 1 rings (SSSR count). The minimum absolute atomic E-state index is 0.0521. The van der Waals surface area contributed by atoms with Gasteiger partial charge in [0.2, 0.25) is 11.8 Å². The zero-order valence-electron chi connectivity index (χ0n) is 11.3. The van der Waals surface area contributed by atoms with Crippen molar-refractivity contribution in [3.8, 4) is 0 Å². The zero-order chi connectivity index (χ0) is 15.0. The second-order valence-corrected chi connectivity index (χ2v) is 4.69. The molecule has 0 atom stereocenters. The molecule has 1 aliphatic rings. The van der Waals surface area contributed by atoms with Gasteiger partial charge in [0, 0.05) is 19.6 Å². The summed E-state index contributed by atoms with van der Waals surface area (Å²) in [6.45, 7) is 1.77. The first-order valence-electron chi connectivity index (χ1n) is 6.58. The number of carbonyl (C=O) groups is 3. The van der Waals surface area contributed by atoms with Gasteiger partial charge in [0.15, 0.2) is 0 Å². The molecule has 0 saturated carbocycles. The van der Waals surface area contributed by atoms with Crippen LogP contribution in [0.2, 0.25) is 0 Å². The van der Waals surface area contributed by atoms with E-state index >= 15 is 0 Å². The molecule has 1 saturated heterocycles. The topological polar surface area (TPSA) is 122 Å². The number of hydrogen-bond acceptors (Lipinski definition) is 5. The van der Waals surface area contributed by atoms with Gasteiger partial charge in [-0.2, -0.15) is 0 Å². The molecule has 8 heteroatoms. The van der Waals surface area contributed by atoms with Gasteiger partial charge in [-0.25, -0.2) is 0 Å². The number of likely N-dealkylation sites (tertiary alicyclic amines) is 1. The number of piperidine rings is 1. The van der Waals surface area contributed by atoms with Crippen LogP contribution in [-0.2, 0) is 19.1 Å². The molecule has 0 aromatic carbocycles. The highest BCUT2D eigenvalue weighted by Crippen LogP contribution is 2.16. The number of carboxylic acid groups (broad SMARTS) is 1. The maximum absolute atomic E-state index is 11.8. The summed E-state index contributed by atoms with van der Waals surface area (Å²) in [7, 11) is 0. The number of aliphatic carboxylic acids is 1. The minimum Gasteiger partial charge on any atom is -0.481 e. The van der Waals surface area contributed by atoms with E-state index in [-0.39, 0.29) is 25.0 Å². The fourth-order valence-corrected chi connectivity index (χ4v) is 2.00. The number of carbonyl (C=O) groups excluding carboxylic acids is 2. The molecule has 2 amide bonds. The van der Waals surface area contributed by atoms with Gasteiger partial charge < -0.3 is 25.8 Å². The van der Waals surface area contributed by atoms with Crippen molar-refractivity contribution in [2.45, 2.75) is 12.8 Å². The Bertz CT molecular complexity index is 353. The van der Waals surface area contributed by atoms with Gasteiger partial charge in [-0.3, -0.25) is 14.4 Å². The maximum atomic E-state index is 11.8. The first-order chi connectivity index (χ1) is 9.50. The third kappa shape index (κ3) is 5.98. The highest BCUT2D eigenvalue weighted by atomic mass is 16.5. The number of amides is 2. The second kappa shape index (κ2) is 8.49. The monoisotopic (exact) mass is 287 g/mol. The molecule has 0 spiro atoms. The van der Waals surface area contributed by atoms with Crippen molar-refractivity contribution in [2.24, 2.45) is 11.7 Å². The molecule has 114 valence electrons. The second-order valence-electron chi connectivity index (χ2n) is 4.69. The van der Waals surface area contributed by atoms with E-state index in [1.165, 1.54) is 0 Å². The molecular weight excluding hydrogens is 266 g/mol. The summed E-state index contributed by atoms with van der Waals surface area (Å²) in [6.07, 6.45) is 1.01. The molecule has 1 heterocycles. The van der Waals surface area contributed by atoms with Crippen LogP contribution in [0.25, 0.3) is 0 Å². The minimum atomic E-state index is -0.790. The zero-order valence-corrected chi connectivity index (χ0v) is 11.3. The summed E-state index contributed by atoms with van der Waals surface area (Å²) >= 11 is 0. The van der Waals surface area contributed by atoms with Crippen LogP contribution in [0.4, 0.5) is 0 Å². The number of primary amides is 1. The number of nitrogens with two attached hydrogens (primary N) is 1. The van der Waals surface area contributed by atoms with Crippen molar-refractivity contribution in [1.29, 1.82) is 0 Å². The largest absolute Gasteiger partial charge is 0.481 e. The number of carboxylic acids is 1. The summed E-state index contributed by atoms with van der Waals surface area (Å²) in [5, 5.41) is 11.8. The van der Waals surface area contributed by atoms with Gasteiger partial charge in [-0.05, 0) is 12.8 Å². The van der Waals surface area contributed by atoms with Crippen LogP contribution >= 0.6 is 0 Å². The summed E-state index contributed by atoms with van der Waals surface area (Å²) in [5.41, 5.74) is 4.90. The number of hydrogen-bond donors (Lipinski definition) is 3. The molecule has 4 N–H and O–H groups in total. The smallest absolute Gasteiger partial charge is 0.306 e. The van der Waals surface area contributed by atoms with Gasteiger partial charge in [0.05, 0.1) is 19.1 Å². The normalized spacial score (nSPS) is 16.1. The molecule has 8 nitrogen and oxygen atoms in total. The number of rotatable bonds is 8. The van der Waals surface area contributed by atoms with E-state index in [1.54, 1.807) is 4.90 Å². The first-order valence-corrected chi connectivity index (χ1v) is 6.58. The van der Waals surface area contributed by atoms with E-state index in [0.717, 1.165) is 0 Å². The van der Waals surface area contributed by atoms with Crippen molar-refractivity contribution in [3.63, 3.8) is 0 Å².